The Bertz CT molecular complexity index is 964. The van der Waals surface area contributed by atoms with Gasteiger partial charge in [0.25, 0.3) is 16.0 Å². The van der Waals surface area contributed by atoms with Crippen LogP contribution in [0, 0.1) is 0 Å². The smallest absolute Gasteiger partial charge is 0.352 e. The Morgan fingerprint density at radius 2 is 1.74 bits per heavy atom. The van der Waals surface area contributed by atoms with Crippen molar-refractivity contribution in [1.82, 2.24) is 15.1 Å². The van der Waals surface area contributed by atoms with Gasteiger partial charge in [-0.05, 0) is 30.7 Å². The summed E-state index contributed by atoms with van der Waals surface area (Å²) in [5.41, 5.74) is -1.20. The van der Waals surface area contributed by atoms with Crippen LogP contribution in [-0.2, 0) is 16.3 Å². The van der Waals surface area contributed by atoms with Crippen molar-refractivity contribution in [1.29, 1.82) is 0 Å². The van der Waals surface area contributed by atoms with Gasteiger partial charge in [-0.2, -0.15) is 26.7 Å². The van der Waals surface area contributed by atoms with E-state index in [-0.39, 0.29) is 11.3 Å². The summed E-state index contributed by atoms with van der Waals surface area (Å²) < 4.78 is 66.8. The SMILES string of the molecule is CCCS(=O)(=O)O.O=C(c1ccccc1C(F)(F)F)N1CCN(c2cccnn2)CC1. The van der Waals surface area contributed by atoms with E-state index >= 15 is 0 Å². The van der Waals surface area contributed by atoms with E-state index in [9.17, 15) is 26.4 Å². The summed E-state index contributed by atoms with van der Waals surface area (Å²) in [4.78, 5) is 15.9. The van der Waals surface area contributed by atoms with Gasteiger partial charge in [-0.25, -0.2) is 0 Å². The highest BCUT2D eigenvalue weighted by Gasteiger charge is 2.36. The summed E-state index contributed by atoms with van der Waals surface area (Å²) in [5, 5.41) is 7.80. The molecule has 0 atom stereocenters. The van der Waals surface area contributed by atoms with Crippen molar-refractivity contribution >= 4 is 21.8 Å². The number of amides is 1. The number of carbonyl (C=O) groups excluding carboxylic acids is 1. The summed E-state index contributed by atoms with van der Waals surface area (Å²) in [5.74, 6) is -0.0329. The van der Waals surface area contributed by atoms with Gasteiger partial charge in [0, 0.05) is 32.4 Å². The Morgan fingerprint density at radius 3 is 2.23 bits per heavy atom. The van der Waals surface area contributed by atoms with Gasteiger partial charge in [-0.15, -0.1) is 5.10 Å². The number of aromatic nitrogens is 2. The molecule has 1 N–H and O–H groups in total. The van der Waals surface area contributed by atoms with Crippen molar-refractivity contribution in [3.63, 3.8) is 0 Å². The second-order valence-corrected chi connectivity index (χ2v) is 8.26. The minimum absolute atomic E-state index is 0.132. The molecular formula is C19H23F3N4O4S. The minimum atomic E-state index is -4.55. The number of benzene rings is 1. The zero-order valence-electron chi connectivity index (χ0n) is 16.8. The summed E-state index contributed by atoms with van der Waals surface area (Å²) in [7, 11) is -3.67. The molecule has 0 bridgehead atoms. The van der Waals surface area contributed by atoms with Gasteiger partial charge < -0.3 is 9.80 Å². The van der Waals surface area contributed by atoms with E-state index in [1.807, 2.05) is 11.0 Å². The molecule has 2 heterocycles. The van der Waals surface area contributed by atoms with E-state index < -0.39 is 27.8 Å². The number of piperazine rings is 1. The van der Waals surface area contributed by atoms with Gasteiger partial charge in [0.2, 0.25) is 0 Å². The average Bonchev–Trinajstić information content (AvgIpc) is 2.73. The molecule has 1 aliphatic rings. The molecule has 0 saturated carbocycles. The first-order valence-electron chi connectivity index (χ1n) is 9.46. The molecule has 170 valence electrons. The fourth-order valence-corrected chi connectivity index (χ4v) is 3.46. The maximum Gasteiger partial charge on any atom is 0.417 e. The maximum absolute atomic E-state index is 13.1. The largest absolute Gasteiger partial charge is 0.417 e. The van der Waals surface area contributed by atoms with Crippen LogP contribution in [0.3, 0.4) is 0 Å². The molecule has 1 fully saturated rings. The van der Waals surface area contributed by atoms with E-state index in [2.05, 4.69) is 10.2 Å². The van der Waals surface area contributed by atoms with Crippen LogP contribution >= 0.6 is 0 Å². The Morgan fingerprint density at radius 1 is 1.10 bits per heavy atom. The van der Waals surface area contributed by atoms with Crippen molar-refractivity contribution in [2.45, 2.75) is 19.5 Å². The van der Waals surface area contributed by atoms with Crippen LogP contribution in [-0.4, -0.2) is 65.9 Å². The molecule has 1 amide bonds. The monoisotopic (exact) mass is 460 g/mol. The van der Waals surface area contributed by atoms with Crippen molar-refractivity contribution in [2.24, 2.45) is 0 Å². The lowest BCUT2D eigenvalue weighted by molar-refractivity contribution is -0.138. The molecular weight excluding hydrogens is 437 g/mol. The fourth-order valence-electron chi connectivity index (χ4n) is 2.95. The number of halogens is 3. The lowest BCUT2D eigenvalue weighted by atomic mass is 10.1. The molecule has 31 heavy (non-hydrogen) atoms. The number of nitrogens with zero attached hydrogens (tertiary/aromatic N) is 4. The van der Waals surface area contributed by atoms with Crippen LogP contribution in [0.1, 0.15) is 29.3 Å². The highest BCUT2D eigenvalue weighted by atomic mass is 32.2. The second kappa shape index (κ2) is 10.5. The number of hydrogen-bond donors (Lipinski definition) is 1. The molecule has 0 unspecified atom stereocenters. The predicted molar refractivity (Wildman–Crippen MR) is 108 cm³/mol. The normalized spacial score (nSPS) is 14.6. The Kier molecular flexibility index (Phi) is 8.34. The highest BCUT2D eigenvalue weighted by molar-refractivity contribution is 7.85. The Balaban J connectivity index is 0.000000423. The fraction of sp³-hybridized carbons (Fsp3) is 0.421. The number of rotatable bonds is 4. The minimum Gasteiger partial charge on any atom is -0.352 e. The molecule has 12 heteroatoms. The van der Waals surface area contributed by atoms with Crippen LogP contribution in [0.5, 0.6) is 0 Å². The van der Waals surface area contributed by atoms with Crippen molar-refractivity contribution in [3.8, 4) is 0 Å². The van der Waals surface area contributed by atoms with Gasteiger partial charge >= 0.3 is 6.18 Å². The second-order valence-electron chi connectivity index (χ2n) is 6.69. The first-order chi connectivity index (χ1) is 14.5. The van der Waals surface area contributed by atoms with Gasteiger partial charge in [0.05, 0.1) is 16.9 Å². The standard InChI is InChI=1S/C16H15F3N4O.C3H8O3S/c17-16(18,19)13-5-2-1-4-12(13)15(24)23-10-8-22(9-11-23)14-6-3-7-20-21-14;1-2-3-7(4,5)6/h1-7H,8-11H2;2-3H2,1H3,(H,4,5,6). The van der Waals surface area contributed by atoms with Crippen LogP contribution in [0.25, 0.3) is 0 Å². The lowest BCUT2D eigenvalue weighted by Gasteiger charge is -2.35. The molecule has 3 rings (SSSR count). The van der Waals surface area contributed by atoms with Crippen LogP contribution < -0.4 is 4.90 Å². The predicted octanol–water partition coefficient (Wildman–Crippen LogP) is 2.74. The number of hydrogen-bond acceptors (Lipinski definition) is 6. The first-order valence-corrected chi connectivity index (χ1v) is 11.1. The molecule has 1 aliphatic heterocycles. The molecule has 1 saturated heterocycles. The third kappa shape index (κ3) is 7.47. The molecule has 1 aromatic heterocycles. The topological polar surface area (TPSA) is 104 Å². The maximum atomic E-state index is 13.1. The van der Waals surface area contributed by atoms with Crippen LogP contribution in [0.4, 0.5) is 19.0 Å². The molecule has 0 aliphatic carbocycles. The Hall–Kier alpha value is -2.73. The summed E-state index contributed by atoms with van der Waals surface area (Å²) >= 11 is 0. The van der Waals surface area contributed by atoms with Crippen molar-refractivity contribution in [2.75, 3.05) is 36.8 Å². The average molecular weight is 460 g/mol. The number of anilines is 1. The number of carbonyl (C=O) groups is 1. The van der Waals surface area contributed by atoms with Gasteiger partial charge in [0.15, 0.2) is 5.82 Å². The summed E-state index contributed by atoms with van der Waals surface area (Å²) in [6.45, 7) is 3.36. The van der Waals surface area contributed by atoms with Gasteiger partial charge in [0.1, 0.15) is 0 Å². The molecule has 2 aromatic rings. The van der Waals surface area contributed by atoms with E-state index in [0.717, 1.165) is 6.07 Å². The molecule has 1 aromatic carbocycles. The van der Waals surface area contributed by atoms with Crippen LogP contribution in [0.15, 0.2) is 42.6 Å². The summed E-state index contributed by atoms with van der Waals surface area (Å²) in [6, 6.07) is 8.45. The van der Waals surface area contributed by atoms with Crippen LogP contribution in [0.2, 0.25) is 0 Å². The van der Waals surface area contributed by atoms with E-state index in [0.29, 0.717) is 38.4 Å². The molecule has 8 nitrogen and oxygen atoms in total. The van der Waals surface area contributed by atoms with Crippen molar-refractivity contribution in [3.05, 3.63) is 53.7 Å². The molecule has 0 spiro atoms. The van der Waals surface area contributed by atoms with E-state index in [1.165, 1.54) is 23.1 Å². The molecule has 0 radical (unpaired) electrons. The first kappa shape index (κ1) is 24.5. The summed E-state index contributed by atoms with van der Waals surface area (Å²) in [6.07, 6.45) is -2.51. The van der Waals surface area contributed by atoms with Gasteiger partial charge in [-0.3, -0.25) is 9.35 Å². The number of alkyl halides is 3. The third-order valence-electron chi connectivity index (χ3n) is 4.37. The van der Waals surface area contributed by atoms with Crippen molar-refractivity contribution < 1.29 is 30.9 Å². The van der Waals surface area contributed by atoms with E-state index in [1.54, 1.807) is 19.2 Å². The zero-order chi connectivity index (χ0) is 23.1. The zero-order valence-corrected chi connectivity index (χ0v) is 17.6. The quantitative estimate of drug-likeness (QED) is 0.700. The highest BCUT2D eigenvalue weighted by Crippen LogP contribution is 2.32. The third-order valence-corrected chi connectivity index (χ3v) is 5.30. The lowest BCUT2D eigenvalue weighted by Crippen LogP contribution is -2.49. The van der Waals surface area contributed by atoms with E-state index in [4.69, 9.17) is 4.55 Å². The Labute approximate surface area is 178 Å². The van der Waals surface area contributed by atoms with Gasteiger partial charge in [-0.1, -0.05) is 19.1 Å².